The van der Waals surface area contributed by atoms with E-state index >= 15 is 0 Å². The summed E-state index contributed by atoms with van der Waals surface area (Å²) in [6.45, 7) is 0.510. The third-order valence-corrected chi connectivity index (χ3v) is 8.20. The van der Waals surface area contributed by atoms with Crippen LogP contribution in [-0.4, -0.2) is 21.4 Å². The summed E-state index contributed by atoms with van der Waals surface area (Å²) in [5.74, 6) is 0.527. The number of amides is 1. The van der Waals surface area contributed by atoms with Gasteiger partial charge in [-0.2, -0.15) is 0 Å². The van der Waals surface area contributed by atoms with Gasteiger partial charge in [0.05, 0.1) is 7.11 Å². The first-order valence-electron chi connectivity index (χ1n) is 10.6. The highest BCUT2D eigenvalue weighted by Gasteiger charge is 2.17. The molecule has 0 spiro atoms. The molecule has 1 amide bonds. The molecule has 0 atom stereocenters. The number of methoxy groups -OCH3 is 1. The van der Waals surface area contributed by atoms with E-state index in [1.165, 1.54) is 11.3 Å². The Morgan fingerprint density at radius 2 is 1.62 bits per heavy atom. The van der Waals surface area contributed by atoms with Gasteiger partial charge >= 0.3 is 0 Å². The summed E-state index contributed by atoms with van der Waals surface area (Å²) in [6.07, 6.45) is 0. The molecule has 174 valence electrons. The van der Waals surface area contributed by atoms with Crippen molar-refractivity contribution >= 4 is 27.3 Å². The maximum absolute atomic E-state index is 12.7. The van der Waals surface area contributed by atoms with Crippen LogP contribution in [0.3, 0.4) is 0 Å². The number of ether oxygens (including phenoxy) is 1. The lowest BCUT2D eigenvalue weighted by Gasteiger charge is -2.08. The van der Waals surface area contributed by atoms with Crippen molar-refractivity contribution in [1.29, 1.82) is 0 Å². The zero-order chi connectivity index (χ0) is 24.0. The Bertz CT molecular complexity index is 1370. The first kappa shape index (κ1) is 23.7. The molecule has 34 heavy (non-hydrogen) atoms. The predicted molar refractivity (Wildman–Crippen MR) is 134 cm³/mol. The molecule has 0 aliphatic carbocycles. The Labute approximate surface area is 203 Å². The summed E-state index contributed by atoms with van der Waals surface area (Å²) < 4.78 is 33.5. The van der Waals surface area contributed by atoms with Crippen LogP contribution in [0.15, 0.2) is 95.2 Å². The predicted octanol–water partition coefficient (Wildman–Crippen LogP) is 4.83. The van der Waals surface area contributed by atoms with Gasteiger partial charge in [-0.25, -0.2) is 13.1 Å². The number of rotatable bonds is 9. The standard InChI is InChI=1S/C26H24N2O4S2/c1-32-23-9-5-6-20(16-23)17-27-26(29)22-12-10-19(11-13-22)18-28-34(30,31)25-15-14-24(33-25)21-7-3-2-4-8-21/h2-16,28H,17-18H2,1H3,(H,27,29). The molecule has 0 fully saturated rings. The van der Waals surface area contributed by atoms with Crippen molar-refractivity contribution in [2.75, 3.05) is 7.11 Å². The van der Waals surface area contributed by atoms with Crippen molar-refractivity contribution in [2.24, 2.45) is 0 Å². The highest BCUT2D eigenvalue weighted by Crippen LogP contribution is 2.30. The SMILES string of the molecule is COc1cccc(CNC(=O)c2ccc(CNS(=O)(=O)c3ccc(-c4ccccc4)s3)cc2)c1. The number of sulfonamides is 1. The minimum Gasteiger partial charge on any atom is -0.497 e. The molecule has 4 rings (SSSR count). The van der Waals surface area contributed by atoms with Gasteiger partial charge in [-0.3, -0.25) is 4.79 Å². The maximum atomic E-state index is 12.7. The van der Waals surface area contributed by atoms with Crippen molar-refractivity contribution in [1.82, 2.24) is 10.0 Å². The molecule has 6 nitrogen and oxygen atoms in total. The minimum atomic E-state index is -3.64. The average Bonchev–Trinajstić information content (AvgIpc) is 3.39. The Morgan fingerprint density at radius 3 is 2.35 bits per heavy atom. The molecule has 1 aromatic heterocycles. The van der Waals surface area contributed by atoms with Crippen LogP contribution in [0, 0.1) is 0 Å². The molecule has 0 radical (unpaired) electrons. The zero-order valence-electron chi connectivity index (χ0n) is 18.5. The van der Waals surface area contributed by atoms with Gasteiger partial charge in [0, 0.05) is 23.5 Å². The van der Waals surface area contributed by atoms with Crippen LogP contribution in [-0.2, 0) is 23.1 Å². The van der Waals surface area contributed by atoms with Crippen LogP contribution in [0.4, 0.5) is 0 Å². The number of hydrogen-bond donors (Lipinski definition) is 2. The third kappa shape index (κ3) is 5.91. The number of benzene rings is 3. The molecule has 4 aromatic rings. The second-order valence-electron chi connectivity index (χ2n) is 7.54. The molecular formula is C26H24N2O4S2. The van der Waals surface area contributed by atoms with Gasteiger partial charge in [-0.05, 0) is 53.1 Å². The molecule has 3 aromatic carbocycles. The van der Waals surface area contributed by atoms with E-state index in [1.807, 2.05) is 60.7 Å². The first-order valence-corrected chi connectivity index (χ1v) is 12.9. The van der Waals surface area contributed by atoms with Crippen LogP contribution in [0.25, 0.3) is 10.4 Å². The fraction of sp³-hybridized carbons (Fsp3) is 0.115. The molecule has 0 aliphatic rings. The van der Waals surface area contributed by atoms with Crippen molar-refractivity contribution in [3.63, 3.8) is 0 Å². The van der Waals surface area contributed by atoms with Crippen molar-refractivity contribution in [2.45, 2.75) is 17.3 Å². The van der Waals surface area contributed by atoms with Gasteiger partial charge in [0.15, 0.2) is 0 Å². The molecular weight excluding hydrogens is 468 g/mol. The van der Waals surface area contributed by atoms with Crippen molar-refractivity contribution < 1.29 is 17.9 Å². The van der Waals surface area contributed by atoms with Gasteiger partial charge in [-0.1, -0.05) is 54.6 Å². The van der Waals surface area contributed by atoms with E-state index < -0.39 is 10.0 Å². The van der Waals surface area contributed by atoms with E-state index in [4.69, 9.17) is 4.74 Å². The molecule has 0 unspecified atom stereocenters. The minimum absolute atomic E-state index is 0.132. The summed E-state index contributed by atoms with van der Waals surface area (Å²) in [5.41, 5.74) is 3.17. The highest BCUT2D eigenvalue weighted by atomic mass is 32.2. The van der Waals surface area contributed by atoms with Crippen LogP contribution in [0.1, 0.15) is 21.5 Å². The van der Waals surface area contributed by atoms with Crippen LogP contribution in [0.5, 0.6) is 5.75 Å². The molecule has 0 saturated heterocycles. The van der Waals surface area contributed by atoms with Gasteiger partial charge < -0.3 is 10.1 Å². The molecule has 0 saturated carbocycles. The van der Waals surface area contributed by atoms with Crippen LogP contribution < -0.4 is 14.8 Å². The summed E-state index contributed by atoms with van der Waals surface area (Å²) in [5, 5.41) is 2.87. The lowest BCUT2D eigenvalue weighted by molar-refractivity contribution is 0.0951. The van der Waals surface area contributed by atoms with E-state index in [1.54, 1.807) is 37.4 Å². The van der Waals surface area contributed by atoms with Gasteiger partial charge in [-0.15, -0.1) is 11.3 Å². The number of thiophene rings is 1. The second kappa shape index (κ2) is 10.6. The van der Waals surface area contributed by atoms with Crippen molar-refractivity contribution in [3.8, 4) is 16.2 Å². The molecule has 8 heteroatoms. The first-order chi connectivity index (χ1) is 16.4. The van der Waals surface area contributed by atoms with Gasteiger partial charge in [0.25, 0.3) is 5.91 Å². The highest BCUT2D eigenvalue weighted by molar-refractivity contribution is 7.91. The summed E-state index contributed by atoms with van der Waals surface area (Å²) >= 11 is 1.23. The number of nitrogens with one attached hydrogen (secondary N) is 2. The Morgan fingerprint density at radius 1 is 0.853 bits per heavy atom. The summed E-state index contributed by atoms with van der Waals surface area (Å²) in [4.78, 5) is 13.3. The average molecular weight is 493 g/mol. The van der Waals surface area contributed by atoms with E-state index in [0.29, 0.717) is 12.1 Å². The number of carbonyl (C=O) groups is 1. The quantitative estimate of drug-likeness (QED) is 0.350. The molecule has 0 bridgehead atoms. The number of hydrogen-bond acceptors (Lipinski definition) is 5. The lowest BCUT2D eigenvalue weighted by atomic mass is 10.1. The van der Waals surface area contributed by atoms with Gasteiger partial charge in [0.2, 0.25) is 10.0 Å². The molecule has 0 aliphatic heterocycles. The fourth-order valence-electron chi connectivity index (χ4n) is 3.31. The Balaban J connectivity index is 1.33. The summed E-state index contributed by atoms with van der Waals surface area (Å²) in [7, 11) is -2.04. The van der Waals surface area contributed by atoms with Gasteiger partial charge in [0.1, 0.15) is 9.96 Å². The largest absolute Gasteiger partial charge is 0.497 e. The molecule has 1 heterocycles. The topological polar surface area (TPSA) is 84.5 Å². The Hall–Kier alpha value is -3.46. The normalized spacial score (nSPS) is 11.2. The monoisotopic (exact) mass is 492 g/mol. The second-order valence-corrected chi connectivity index (χ2v) is 10.6. The summed E-state index contributed by atoms with van der Waals surface area (Å²) in [6, 6.07) is 27.4. The molecule has 2 N–H and O–H groups in total. The third-order valence-electron chi connectivity index (χ3n) is 5.17. The van der Waals surface area contributed by atoms with E-state index in [-0.39, 0.29) is 16.7 Å². The zero-order valence-corrected chi connectivity index (χ0v) is 20.2. The van der Waals surface area contributed by atoms with E-state index in [9.17, 15) is 13.2 Å². The van der Waals surface area contributed by atoms with Crippen molar-refractivity contribution in [3.05, 3.63) is 108 Å². The smallest absolute Gasteiger partial charge is 0.251 e. The van der Waals surface area contributed by atoms with E-state index in [2.05, 4.69) is 10.0 Å². The van der Waals surface area contributed by atoms with Crippen LogP contribution in [0.2, 0.25) is 0 Å². The van der Waals surface area contributed by atoms with E-state index in [0.717, 1.165) is 27.3 Å². The Kier molecular flexibility index (Phi) is 7.42. The van der Waals surface area contributed by atoms with Crippen LogP contribution >= 0.6 is 11.3 Å². The lowest BCUT2D eigenvalue weighted by Crippen LogP contribution is -2.23. The number of carbonyl (C=O) groups excluding carboxylic acids is 1. The maximum Gasteiger partial charge on any atom is 0.251 e. The fourth-order valence-corrected chi connectivity index (χ4v) is 5.69.